The first-order valence-corrected chi connectivity index (χ1v) is 6.15. The molecule has 0 aliphatic carbocycles. The Morgan fingerprint density at radius 3 is 2.57 bits per heavy atom. The van der Waals surface area contributed by atoms with Gasteiger partial charge in [-0.1, -0.05) is 0 Å². The van der Waals surface area contributed by atoms with Crippen molar-refractivity contribution in [3.8, 4) is 23.0 Å². The maximum Gasteiger partial charge on any atom is 0.208 e. The van der Waals surface area contributed by atoms with Crippen LogP contribution in [0, 0.1) is 0 Å². The van der Waals surface area contributed by atoms with Crippen LogP contribution < -0.4 is 14.5 Å². The molecule has 108 valence electrons. The molecule has 0 amide bonds. The van der Waals surface area contributed by atoms with Crippen LogP contribution in [0.4, 0.5) is 0 Å². The standard InChI is InChI=1S/C14H9ClO6/c1-19-6-4-8(17)11-10(5-6)20-14-9(21-15)3-2-7(16)12(14)13(11)18/h2-5,16-17H,1H3. The van der Waals surface area contributed by atoms with Gasteiger partial charge in [-0.2, -0.15) is 0 Å². The quantitative estimate of drug-likeness (QED) is 0.708. The fourth-order valence-corrected chi connectivity index (χ4v) is 2.29. The number of hydrogen-bond acceptors (Lipinski definition) is 6. The summed E-state index contributed by atoms with van der Waals surface area (Å²) in [5, 5.41) is 19.6. The Bertz CT molecular complexity index is 915. The van der Waals surface area contributed by atoms with Crippen molar-refractivity contribution in [1.29, 1.82) is 0 Å². The molecule has 0 spiro atoms. The van der Waals surface area contributed by atoms with E-state index in [4.69, 9.17) is 21.0 Å². The average molecular weight is 309 g/mol. The summed E-state index contributed by atoms with van der Waals surface area (Å²) in [6, 6.07) is 5.34. The minimum atomic E-state index is -0.598. The second-order valence-electron chi connectivity index (χ2n) is 4.31. The highest BCUT2D eigenvalue weighted by Gasteiger charge is 2.19. The molecule has 0 saturated carbocycles. The topological polar surface area (TPSA) is 89.1 Å². The van der Waals surface area contributed by atoms with Crippen LogP contribution in [0.25, 0.3) is 21.9 Å². The summed E-state index contributed by atoms with van der Waals surface area (Å²) in [6.45, 7) is 0. The molecule has 0 atom stereocenters. The molecule has 1 aromatic heterocycles. The molecule has 2 aromatic carbocycles. The van der Waals surface area contributed by atoms with Crippen molar-refractivity contribution in [2.75, 3.05) is 7.11 Å². The number of halogens is 1. The van der Waals surface area contributed by atoms with Crippen LogP contribution in [0.2, 0.25) is 0 Å². The Labute approximate surface area is 122 Å². The highest BCUT2D eigenvalue weighted by Crippen LogP contribution is 2.36. The fourth-order valence-electron chi connectivity index (χ4n) is 2.17. The molecule has 0 saturated heterocycles. The highest BCUT2D eigenvalue weighted by atomic mass is 35.5. The second-order valence-corrected chi connectivity index (χ2v) is 4.47. The van der Waals surface area contributed by atoms with Gasteiger partial charge >= 0.3 is 0 Å². The van der Waals surface area contributed by atoms with E-state index in [2.05, 4.69) is 4.29 Å². The van der Waals surface area contributed by atoms with Crippen LogP contribution in [0.1, 0.15) is 0 Å². The lowest BCUT2D eigenvalue weighted by Crippen LogP contribution is -2.03. The Hall–Kier alpha value is -2.60. The monoisotopic (exact) mass is 308 g/mol. The lowest BCUT2D eigenvalue weighted by atomic mass is 10.1. The molecule has 3 aromatic rings. The smallest absolute Gasteiger partial charge is 0.208 e. The predicted octanol–water partition coefficient (Wildman–Crippen LogP) is 2.90. The maximum atomic E-state index is 12.5. The third kappa shape index (κ3) is 1.92. The van der Waals surface area contributed by atoms with Gasteiger partial charge in [0.2, 0.25) is 5.43 Å². The molecule has 0 radical (unpaired) electrons. The fraction of sp³-hybridized carbons (Fsp3) is 0.0714. The van der Waals surface area contributed by atoms with Crippen LogP contribution in [-0.2, 0) is 0 Å². The molecule has 2 N–H and O–H groups in total. The number of benzene rings is 2. The van der Waals surface area contributed by atoms with Gasteiger partial charge in [0.05, 0.1) is 7.11 Å². The number of ether oxygens (including phenoxy) is 1. The van der Waals surface area contributed by atoms with Crippen LogP contribution in [-0.4, -0.2) is 17.3 Å². The molecule has 21 heavy (non-hydrogen) atoms. The van der Waals surface area contributed by atoms with E-state index in [1.54, 1.807) is 0 Å². The number of hydrogen-bond donors (Lipinski definition) is 2. The lowest BCUT2D eigenvalue weighted by Gasteiger charge is -2.08. The first kappa shape index (κ1) is 13.4. The van der Waals surface area contributed by atoms with E-state index in [1.807, 2.05) is 0 Å². The number of rotatable bonds is 2. The minimum absolute atomic E-state index is 0.0184. The van der Waals surface area contributed by atoms with Gasteiger partial charge in [0.15, 0.2) is 11.3 Å². The summed E-state index contributed by atoms with van der Waals surface area (Å²) in [5.41, 5.74) is -0.528. The van der Waals surface area contributed by atoms with Crippen LogP contribution in [0.15, 0.2) is 33.5 Å². The van der Waals surface area contributed by atoms with Crippen LogP contribution >= 0.6 is 11.9 Å². The molecular formula is C14H9ClO6. The molecule has 0 unspecified atom stereocenters. The first-order valence-electron chi connectivity index (χ1n) is 5.85. The predicted molar refractivity (Wildman–Crippen MR) is 76.4 cm³/mol. The van der Waals surface area contributed by atoms with Gasteiger partial charge in [-0.3, -0.25) is 4.79 Å². The summed E-state index contributed by atoms with van der Waals surface area (Å²) in [5.74, 6) is -0.216. The largest absolute Gasteiger partial charge is 0.507 e. The number of aromatic hydroxyl groups is 2. The highest BCUT2D eigenvalue weighted by molar-refractivity contribution is 6.10. The van der Waals surface area contributed by atoms with Gasteiger partial charge < -0.3 is 23.7 Å². The molecule has 1 heterocycles. The van der Waals surface area contributed by atoms with E-state index in [9.17, 15) is 15.0 Å². The summed E-state index contributed by atoms with van der Waals surface area (Å²) in [4.78, 5) is 12.5. The summed E-state index contributed by atoms with van der Waals surface area (Å²) in [6.07, 6.45) is 0. The number of phenols is 2. The average Bonchev–Trinajstić information content (AvgIpc) is 2.46. The van der Waals surface area contributed by atoms with Gasteiger partial charge in [-0.25, -0.2) is 0 Å². The molecular weight excluding hydrogens is 300 g/mol. The van der Waals surface area contributed by atoms with Gasteiger partial charge in [-0.15, -0.1) is 0 Å². The minimum Gasteiger partial charge on any atom is -0.507 e. The van der Waals surface area contributed by atoms with Crippen LogP contribution in [0.5, 0.6) is 23.0 Å². The summed E-state index contributed by atoms with van der Waals surface area (Å²) in [7, 11) is 1.42. The Morgan fingerprint density at radius 2 is 1.90 bits per heavy atom. The van der Waals surface area contributed by atoms with Gasteiger partial charge in [0.1, 0.15) is 45.5 Å². The Kier molecular flexibility index (Phi) is 3.03. The second kappa shape index (κ2) is 4.75. The normalized spacial score (nSPS) is 11.0. The maximum absolute atomic E-state index is 12.5. The number of fused-ring (bicyclic) bond motifs is 2. The van der Waals surface area contributed by atoms with E-state index in [0.29, 0.717) is 5.75 Å². The van der Waals surface area contributed by atoms with Crippen molar-refractivity contribution < 1.29 is 23.7 Å². The molecule has 3 rings (SSSR count). The van der Waals surface area contributed by atoms with Gasteiger partial charge in [-0.05, 0) is 12.1 Å². The number of methoxy groups -OCH3 is 1. The zero-order chi connectivity index (χ0) is 15.1. The van der Waals surface area contributed by atoms with Crippen molar-refractivity contribution in [1.82, 2.24) is 0 Å². The zero-order valence-electron chi connectivity index (χ0n) is 10.7. The first-order chi connectivity index (χ1) is 10.1. The molecule has 0 bridgehead atoms. The van der Waals surface area contributed by atoms with Gasteiger partial charge in [0, 0.05) is 12.1 Å². The summed E-state index contributed by atoms with van der Waals surface area (Å²) < 4.78 is 15.2. The molecule has 0 aliphatic rings. The Balaban J connectivity index is 2.58. The van der Waals surface area contributed by atoms with Crippen LogP contribution in [0.3, 0.4) is 0 Å². The third-order valence-corrected chi connectivity index (χ3v) is 3.31. The van der Waals surface area contributed by atoms with E-state index in [1.165, 1.54) is 31.4 Å². The van der Waals surface area contributed by atoms with Crippen molar-refractivity contribution in [2.24, 2.45) is 0 Å². The van der Waals surface area contributed by atoms with E-state index < -0.39 is 5.43 Å². The Morgan fingerprint density at radius 1 is 1.14 bits per heavy atom. The van der Waals surface area contributed by atoms with Gasteiger partial charge in [0.25, 0.3) is 0 Å². The molecule has 0 aliphatic heterocycles. The van der Waals surface area contributed by atoms with Crippen molar-refractivity contribution in [2.45, 2.75) is 0 Å². The lowest BCUT2D eigenvalue weighted by molar-refractivity contribution is 0.408. The van der Waals surface area contributed by atoms with E-state index in [-0.39, 0.29) is 39.2 Å². The summed E-state index contributed by atoms with van der Waals surface area (Å²) >= 11 is 5.33. The molecule has 6 nitrogen and oxygen atoms in total. The third-order valence-electron chi connectivity index (χ3n) is 3.14. The van der Waals surface area contributed by atoms with Crippen molar-refractivity contribution in [3.63, 3.8) is 0 Å². The SMILES string of the molecule is COc1cc(O)c2c(=O)c3c(O)ccc(OCl)c3oc2c1. The number of phenolic OH excluding ortho intramolecular Hbond substituents is 2. The van der Waals surface area contributed by atoms with E-state index in [0.717, 1.165) is 0 Å². The van der Waals surface area contributed by atoms with Crippen molar-refractivity contribution >= 4 is 33.8 Å². The zero-order valence-corrected chi connectivity index (χ0v) is 11.5. The molecule has 0 fully saturated rings. The molecule has 7 heteroatoms. The van der Waals surface area contributed by atoms with E-state index >= 15 is 0 Å². The van der Waals surface area contributed by atoms with Crippen molar-refractivity contribution in [3.05, 3.63) is 34.5 Å².